The summed E-state index contributed by atoms with van der Waals surface area (Å²) >= 11 is 3.46. The number of carbonyl (C=O) groups is 1. The molecular weight excluding hydrogens is 404 g/mol. The highest BCUT2D eigenvalue weighted by Gasteiger charge is 2.31. The summed E-state index contributed by atoms with van der Waals surface area (Å²) in [6.07, 6.45) is 0.814. The van der Waals surface area contributed by atoms with Crippen LogP contribution in [0.1, 0.15) is 29.8 Å². The first-order chi connectivity index (χ1) is 11.8. The molecule has 1 N–H and O–H groups in total. The second-order valence-corrected chi connectivity index (χ2v) is 9.01. The van der Waals surface area contributed by atoms with Gasteiger partial charge in [-0.3, -0.25) is 9.52 Å². The first-order valence-corrected chi connectivity index (χ1v) is 10.5. The molecule has 1 amide bonds. The highest BCUT2D eigenvalue weighted by atomic mass is 79.9. The van der Waals surface area contributed by atoms with Gasteiger partial charge in [-0.25, -0.2) is 8.42 Å². The summed E-state index contributed by atoms with van der Waals surface area (Å²) in [7, 11) is -3.32. The highest BCUT2D eigenvalue weighted by Crippen LogP contribution is 2.35. The Hall–Kier alpha value is -1.86. The maximum atomic E-state index is 12.9. The van der Waals surface area contributed by atoms with Crippen molar-refractivity contribution in [1.29, 1.82) is 0 Å². The van der Waals surface area contributed by atoms with Crippen molar-refractivity contribution in [3.8, 4) is 0 Å². The quantitative estimate of drug-likeness (QED) is 0.814. The van der Waals surface area contributed by atoms with Gasteiger partial charge in [-0.1, -0.05) is 15.9 Å². The fourth-order valence-corrected chi connectivity index (χ4v) is 4.03. The predicted molar refractivity (Wildman–Crippen MR) is 104 cm³/mol. The third-order valence-corrected chi connectivity index (χ3v) is 6.06. The molecule has 0 radical (unpaired) electrons. The molecule has 0 aliphatic carbocycles. The number of amides is 1. The van der Waals surface area contributed by atoms with Gasteiger partial charge in [-0.2, -0.15) is 0 Å². The smallest absolute Gasteiger partial charge is 0.258 e. The van der Waals surface area contributed by atoms with Gasteiger partial charge in [0.25, 0.3) is 5.91 Å². The average molecular weight is 423 g/mol. The van der Waals surface area contributed by atoms with Crippen LogP contribution in [0.5, 0.6) is 0 Å². The molecule has 1 aliphatic heterocycles. The number of hydrogen-bond acceptors (Lipinski definition) is 3. The molecule has 2 aromatic carbocycles. The van der Waals surface area contributed by atoms with Crippen LogP contribution in [0.3, 0.4) is 0 Å². The van der Waals surface area contributed by atoms with E-state index in [-0.39, 0.29) is 17.7 Å². The number of benzene rings is 2. The van der Waals surface area contributed by atoms with Crippen LogP contribution in [0, 0.1) is 0 Å². The van der Waals surface area contributed by atoms with Crippen molar-refractivity contribution in [2.75, 3.05) is 15.4 Å². The minimum Gasteiger partial charge on any atom is -0.305 e. The van der Waals surface area contributed by atoms with E-state index in [1.54, 1.807) is 36.1 Å². The van der Waals surface area contributed by atoms with Crippen molar-refractivity contribution >= 4 is 43.2 Å². The lowest BCUT2D eigenvalue weighted by Crippen LogP contribution is -2.35. The highest BCUT2D eigenvalue weighted by molar-refractivity contribution is 9.10. The van der Waals surface area contributed by atoms with Gasteiger partial charge >= 0.3 is 0 Å². The molecule has 132 valence electrons. The molecule has 0 fully saturated rings. The molecule has 25 heavy (non-hydrogen) atoms. The maximum Gasteiger partial charge on any atom is 0.258 e. The zero-order chi connectivity index (χ0) is 18.2. The van der Waals surface area contributed by atoms with Crippen LogP contribution < -0.4 is 9.62 Å². The third kappa shape index (κ3) is 3.72. The topological polar surface area (TPSA) is 66.5 Å². The summed E-state index contributed by atoms with van der Waals surface area (Å²) in [6, 6.07) is 12.5. The first-order valence-electron chi connectivity index (χ1n) is 8.03. The van der Waals surface area contributed by atoms with E-state index in [0.29, 0.717) is 11.3 Å². The second-order valence-electron chi connectivity index (χ2n) is 6.08. The molecular formula is C18H19BrN2O3S. The first kappa shape index (κ1) is 17.9. The SMILES string of the molecule is CCS(=O)(=O)Nc1ccc(C(=O)N2c3ccc(Br)cc3C[C@H]2C)cc1. The Morgan fingerprint density at radius 2 is 1.92 bits per heavy atom. The van der Waals surface area contributed by atoms with E-state index in [2.05, 4.69) is 20.7 Å². The summed E-state index contributed by atoms with van der Waals surface area (Å²) < 4.78 is 26.7. The number of nitrogens with one attached hydrogen (secondary N) is 1. The van der Waals surface area contributed by atoms with Gasteiger partial charge in [-0.15, -0.1) is 0 Å². The predicted octanol–water partition coefficient (Wildman–Crippen LogP) is 3.80. The number of rotatable bonds is 4. The van der Waals surface area contributed by atoms with Gasteiger partial charge < -0.3 is 4.90 Å². The Labute approximate surface area is 156 Å². The van der Waals surface area contributed by atoms with E-state index >= 15 is 0 Å². The number of sulfonamides is 1. The van der Waals surface area contributed by atoms with Crippen LogP contribution in [-0.4, -0.2) is 26.1 Å². The largest absolute Gasteiger partial charge is 0.305 e. The lowest BCUT2D eigenvalue weighted by molar-refractivity contribution is 0.0981. The molecule has 0 unspecified atom stereocenters. The van der Waals surface area contributed by atoms with Gasteiger partial charge in [-0.05, 0) is 68.3 Å². The minimum absolute atomic E-state index is 0.00528. The number of carbonyl (C=O) groups excluding carboxylic acids is 1. The second kappa shape index (κ2) is 6.80. The van der Waals surface area contributed by atoms with Gasteiger partial charge in [0.05, 0.1) is 5.75 Å². The maximum absolute atomic E-state index is 12.9. The van der Waals surface area contributed by atoms with Crippen LogP contribution in [0.25, 0.3) is 0 Å². The Bertz CT molecular complexity index is 910. The molecule has 0 bridgehead atoms. The van der Waals surface area contributed by atoms with Gasteiger partial charge in [0, 0.05) is 27.5 Å². The standard InChI is InChI=1S/C18H19BrN2O3S/c1-3-25(23,24)20-16-7-4-13(5-8-16)18(22)21-12(2)10-14-11-15(19)6-9-17(14)21/h4-9,11-12,20H,3,10H2,1-2H3/t12-/m1/s1. The Morgan fingerprint density at radius 3 is 2.56 bits per heavy atom. The van der Waals surface area contributed by atoms with Gasteiger partial charge in [0.1, 0.15) is 0 Å². The number of nitrogens with zero attached hydrogens (tertiary/aromatic N) is 1. The van der Waals surface area contributed by atoms with Gasteiger partial charge in [0.15, 0.2) is 0 Å². The van der Waals surface area contributed by atoms with Crippen molar-refractivity contribution < 1.29 is 13.2 Å². The van der Waals surface area contributed by atoms with Crippen molar-refractivity contribution in [3.05, 3.63) is 58.1 Å². The number of anilines is 2. The summed E-state index contributed by atoms with van der Waals surface area (Å²) in [5.74, 6) is -0.0795. The Balaban J connectivity index is 1.85. The van der Waals surface area contributed by atoms with Crippen LogP contribution in [0.2, 0.25) is 0 Å². The van der Waals surface area contributed by atoms with Crippen LogP contribution in [-0.2, 0) is 16.4 Å². The molecule has 0 saturated carbocycles. The van der Waals surface area contributed by atoms with Crippen molar-refractivity contribution in [3.63, 3.8) is 0 Å². The molecule has 0 aromatic heterocycles. The summed E-state index contributed by atoms with van der Waals surface area (Å²) in [4.78, 5) is 14.7. The van der Waals surface area contributed by atoms with E-state index in [4.69, 9.17) is 0 Å². The molecule has 0 saturated heterocycles. The fraction of sp³-hybridized carbons (Fsp3) is 0.278. The van der Waals surface area contributed by atoms with E-state index in [0.717, 1.165) is 22.1 Å². The molecule has 1 atom stereocenters. The summed E-state index contributed by atoms with van der Waals surface area (Å²) in [6.45, 7) is 3.60. The molecule has 1 aliphatic rings. The molecule has 1 heterocycles. The molecule has 7 heteroatoms. The van der Waals surface area contributed by atoms with E-state index < -0.39 is 10.0 Å². The zero-order valence-corrected chi connectivity index (χ0v) is 16.4. The number of hydrogen-bond donors (Lipinski definition) is 1. The lowest BCUT2D eigenvalue weighted by Gasteiger charge is -2.23. The third-order valence-electron chi connectivity index (χ3n) is 4.26. The molecule has 2 aromatic rings. The summed E-state index contributed by atoms with van der Waals surface area (Å²) in [5, 5.41) is 0. The fourth-order valence-electron chi connectivity index (χ4n) is 2.98. The van der Waals surface area contributed by atoms with Crippen LogP contribution in [0.4, 0.5) is 11.4 Å². The van der Waals surface area contributed by atoms with E-state index in [9.17, 15) is 13.2 Å². The van der Waals surface area contributed by atoms with Crippen molar-refractivity contribution in [2.24, 2.45) is 0 Å². The minimum atomic E-state index is -3.32. The van der Waals surface area contributed by atoms with Gasteiger partial charge in [0.2, 0.25) is 10.0 Å². The van der Waals surface area contributed by atoms with Crippen molar-refractivity contribution in [1.82, 2.24) is 0 Å². The number of fused-ring (bicyclic) bond motifs is 1. The van der Waals surface area contributed by atoms with Crippen LogP contribution in [0.15, 0.2) is 46.9 Å². The summed E-state index contributed by atoms with van der Waals surface area (Å²) in [5.41, 5.74) is 3.05. The van der Waals surface area contributed by atoms with E-state index in [1.165, 1.54) is 0 Å². The molecule has 3 rings (SSSR count). The monoisotopic (exact) mass is 422 g/mol. The zero-order valence-electron chi connectivity index (χ0n) is 14.0. The Kier molecular flexibility index (Phi) is 4.88. The molecule has 5 nitrogen and oxygen atoms in total. The van der Waals surface area contributed by atoms with Crippen molar-refractivity contribution in [2.45, 2.75) is 26.3 Å². The number of halogens is 1. The normalized spacial score (nSPS) is 16.6. The Morgan fingerprint density at radius 1 is 1.24 bits per heavy atom. The van der Waals surface area contributed by atoms with E-state index in [1.807, 2.05) is 25.1 Å². The average Bonchev–Trinajstić information content (AvgIpc) is 2.89. The lowest BCUT2D eigenvalue weighted by atomic mass is 10.1. The van der Waals surface area contributed by atoms with Crippen LogP contribution >= 0.6 is 15.9 Å². The molecule has 0 spiro atoms.